The summed E-state index contributed by atoms with van der Waals surface area (Å²) >= 11 is 3.41. The van der Waals surface area contributed by atoms with E-state index in [0.717, 1.165) is 28.8 Å². The van der Waals surface area contributed by atoms with Gasteiger partial charge >= 0.3 is 0 Å². The fourth-order valence-electron chi connectivity index (χ4n) is 1.90. The minimum absolute atomic E-state index is 0.206. The molecule has 1 atom stereocenters. The number of nitrogens with one attached hydrogen (secondary N) is 1. The van der Waals surface area contributed by atoms with Gasteiger partial charge in [0.2, 0.25) is 0 Å². The van der Waals surface area contributed by atoms with Gasteiger partial charge in [0.25, 0.3) is 0 Å². The Morgan fingerprint density at radius 1 is 1.39 bits per heavy atom. The number of hydrogen-bond donors (Lipinski definition) is 1. The summed E-state index contributed by atoms with van der Waals surface area (Å²) in [7, 11) is 1.93. The van der Waals surface area contributed by atoms with Crippen molar-refractivity contribution in [3.8, 4) is 0 Å². The van der Waals surface area contributed by atoms with Gasteiger partial charge in [0.1, 0.15) is 0 Å². The van der Waals surface area contributed by atoms with Gasteiger partial charge in [-0.1, -0.05) is 6.92 Å². The zero-order valence-electron chi connectivity index (χ0n) is 10.6. The molecule has 18 heavy (non-hydrogen) atoms. The predicted octanol–water partition coefficient (Wildman–Crippen LogP) is 2.47. The van der Waals surface area contributed by atoms with E-state index in [0.29, 0.717) is 0 Å². The summed E-state index contributed by atoms with van der Waals surface area (Å²) in [6.45, 7) is 3.01. The van der Waals surface area contributed by atoms with E-state index in [1.165, 1.54) is 0 Å². The third-order valence-corrected chi connectivity index (χ3v) is 3.21. The standard InChI is InChI=1S/C13H17BrN4/c1-3-15-13(8-11-6-7-18(2)17-11)12-5-4-10(14)9-16-12/h4-7,9,13,15H,3,8H2,1-2H3. The molecule has 0 aliphatic rings. The van der Waals surface area contributed by atoms with E-state index in [4.69, 9.17) is 0 Å². The third kappa shape index (κ3) is 3.40. The van der Waals surface area contributed by atoms with Crippen molar-refractivity contribution >= 4 is 15.9 Å². The second kappa shape index (κ2) is 6.11. The SMILES string of the molecule is CCNC(Cc1ccn(C)n1)c1ccc(Br)cn1. The first-order valence-corrected chi connectivity index (χ1v) is 6.81. The van der Waals surface area contributed by atoms with Crippen LogP contribution in [0.2, 0.25) is 0 Å². The van der Waals surface area contributed by atoms with E-state index < -0.39 is 0 Å². The number of halogens is 1. The molecular weight excluding hydrogens is 292 g/mol. The first-order chi connectivity index (χ1) is 8.69. The number of aromatic nitrogens is 3. The van der Waals surface area contributed by atoms with E-state index in [1.54, 1.807) is 0 Å². The number of nitrogens with zero attached hydrogens (tertiary/aromatic N) is 3. The first-order valence-electron chi connectivity index (χ1n) is 6.02. The molecule has 0 amide bonds. The van der Waals surface area contributed by atoms with Crippen molar-refractivity contribution in [2.24, 2.45) is 7.05 Å². The minimum Gasteiger partial charge on any atom is -0.309 e. The van der Waals surface area contributed by atoms with Gasteiger partial charge in [0.05, 0.1) is 17.4 Å². The summed E-state index contributed by atoms with van der Waals surface area (Å²) in [6, 6.07) is 6.31. The maximum atomic E-state index is 4.46. The van der Waals surface area contributed by atoms with Crippen LogP contribution in [-0.4, -0.2) is 21.3 Å². The molecule has 2 rings (SSSR count). The maximum absolute atomic E-state index is 4.46. The van der Waals surface area contributed by atoms with Crippen LogP contribution in [0.5, 0.6) is 0 Å². The molecule has 0 saturated carbocycles. The van der Waals surface area contributed by atoms with Crippen molar-refractivity contribution in [1.29, 1.82) is 0 Å². The lowest BCUT2D eigenvalue weighted by Crippen LogP contribution is -2.24. The molecule has 0 saturated heterocycles. The zero-order valence-corrected chi connectivity index (χ0v) is 12.2. The van der Waals surface area contributed by atoms with E-state index in [-0.39, 0.29) is 6.04 Å². The third-order valence-electron chi connectivity index (χ3n) is 2.74. The highest BCUT2D eigenvalue weighted by atomic mass is 79.9. The fourth-order valence-corrected chi connectivity index (χ4v) is 2.14. The van der Waals surface area contributed by atoms with Gasteiger partial charge in [-0.05, 0) is 40.7 Å². The second-order valence-corrected chi connectivity index (χ2v) is 5.11. The Hall–Kier alpha value is -1.20. The highest BCUT2D eigenvalue weighted by Gasteiger charge is 2.13. The van der Waals surface area contributed by atoms with Crippen LogP contribution in [0.1, 0.15) is 24.4 Å². The average molecular weight is 309 g/mol. The Morgan fingerprint density at radius 3 is 2.78 bits per heavy atom. The van der Waals surface area contributed by atoms with Gasteiger partial charge in [0, 0.05) is 30.3 Å². The van der Waals surface area contributed by atoms with Crippen molar-refractivity contribution in [1.82, 2.24) is 20.1 Å². The van der Waals surface area contributed by atoms with Crippen molar-refractivity contribution in [3.05, 3.63) is 46.5 Å². The van der Waals surface area contributed by atoms with Gasteiger partial charge in [0.15, 0.2) is 0 Å². The van der Waals surface area contributed by atoms with E-state index >= 15 is 0 Å². The van der Waals surface area contributed by atoms with Crippen molar-refractivity contribution in [3.63, 3.8) is 0 Å². The molecule has 0 bridgehead atoms. The number of rotatable bonds is 5. The molecule has 0 aliphatic heterocycles. The van der Waals surface area contributed by atoms with Crippen LogP contribution in [0.4, 0.5) is 0 Å². The molecule has 0 radical (unpaired) electrons. The summed E-state index contributed by atoms with van der Waals surface area (Å²) in [6.07, 6.45) is 4.65. The Balaban J connectivity index is 2.14. The maximum Gasteiger partial charge on any atom is 0.0644 e. The van der Waals surface area contributed by atoms with E-state index in [1.807, 2.05) is 42.3 Å². The predicted molar refractivity (Wildman–Crippen MR) is 75.3 cm³/mol. The van der Waals surface area contributed by atoms with Crippen molar-refractivity contribution in [2.45, 2.75) is 19.4 Å². The van der Waals surface area contributed by atoms with Crippen LogP contribution in [0.25, 0.3) is 0 Å². The van der Waals surface area contributed by atoms with E-state index in [2.05, 4.69) is 38.3 Å². The Morgan fingerprint density at radius 2 is 2.22 bits per heavy atom. The van der Waals surface area contributed by atoms with Gasteiger partial charge in [-0.25, -0.2) is 0 Å². The highest BCUT2D eigenvalue weighted by Crippen LogP contribution is 2.17. The smallest absolute Gasteiger partial charge is 0.0644 e. The minimum atomic E-state index is 0.206. The monoisotopic (exact) mass is 308 g/mol. The van der Waals surface area contributed by atoms with Gasteiger partial charge in [-0.2, -0.15) is 5.10 Å². The van der Waals surface area contributed by atoms with Crippen LogP contribution in [0, 0.1) is 0 Å². The number of hydrogen-bond acceptors (Lipinski definition) is 3. The molecule has 2 aromatic heterocycles. The molecule has 96 valence electrons. The molecule has 4 nitrogen and oxygen atoms in total. The molecule has 0 fully saturated rings. The number of likely N-dealkylation sites (N-methyl/N-ethyl adjacent to an activating group) is 1. The first kappa shape index (κ1) is 13.2. The number of pyridine rings is 1. The Kier molecular flexibility index (Phi) is 4.49. The molecule has 0 spiro atoms. The molecule has 2 aromatic rings. The highest BCUT2D eigenvalue weighted by molar-refractivity contribution is 9.10. The lowest BCUT2D eigenvalue weighted by atomic mass is 10.1. The molecular formula is C13H17BrN4. The molecule has 2 heterocycles. The van der Waals surface area contributed by atoms with E-state index in [9.17, 15) is 0 Å². The summed E-state index contributed by atoms with van der Waals surface area (Å²) in [5.74, 6) is 0. The summed E-state index contributed by atoms with van der Waals surface area (Å²) in [5, 5.41) is 7.86. The molecule has 0 aliphatic carbocycles. The van der Waals surface area contributed by atoms with Gasteiger partial charge in [-0.15, -0.1) is 0 Å². The van der Waals surface area contributed by atoms with Crippen molar-refractivity contribution < 1.29 is 0 Å². The molecule has 0 aromatic carbocycles. The van der Waals surface area contributed by atoms with Crippen molar-refractivity contribution in [2.75, 3.05) is 6.54 Å². The summed E-state index contributed by atoms with van der Waals surface area (Å²) in [4.78, 5) is 4.46. The normalized spacial score (nSPS) is 12.6. The lowest BCUT2D eigenvalue weighted by Gasteiger charge is -2.16. The average Bonchev–Trinajstić information content (AvgIpc) is 2.75. The molecule has 1 unspecified atom stereocenters. The largest absolute Gasteiger partial charge is 0.309 e. The topological polar surface area (TPSA) is 42.7 Å². The van der Waals surface area contributed by atoms with Gasteiger partial charge < -0.3 is 5.32 Å². The quantitative estimate of drug-likeness (QED) is 0.922. The van der Waals surface area contributed by atoms with Crippen LogP contribution in [-0.2, 0) is 13.5 Å². The summed E-state index contributed by atoms with van der Waals surface area (Å²) < 4.78 is 2.83. The van der Waals surface area contributed by atoms with Crippen LogP contribution < -0.4 is 5.32 Å². The fraction of sp³-hybridized carbons (Fsp3) is 0.385. The Labute approximate surface area is 116 Å². The van der Waals surface area contributed by atoms with Crippen LogP contribution >= 0.6 is 15.9 Å². The van der Waals surface area contributed by atoms with Crippen LogP contribution in [0.15, 0.2) is 35.1 Å². The summed E-state index contributed by atoms with van der Waals surface area (Å²) in [5.41, 5.74) is 2.12. The number of aryl methyl sites for hydroxylation is 1. The van der Waals surface area contributed by atoms with Crippen LogP contribution in [0.3, 0.4) is 0 Å². The van der Waals surface area contributed by atoms with Gasteiger partial charge in [-0.3, -0.25) is 9.67 Å². The molecule has 1 N–H and O–H groups in total. The molecule has 5 heteroatoms. The second-order valence-electron chi connectivity index (χ2n) is 4.20. The lowest BCUT2D eigenvalue weighted by molar-refractivity contribution is 0.527. The zero-order chi connectivity index (χ0) is 13.0. The Bertz CT molecular complexity index is 492.